The topological polar surface area (TPSA) is 74.6 Å². The van der Waals surface area contributed by atoms with E-state index in [0.717, 1.165) is 6.07 Å². The summed E-state index contributed by atoms with van der Waals surface area (Å²) in [5.41, 5.74) is -6.74. The summed E-state index contributed by atoms with van der Waals surface area (Å²) in [5.74, 6) is -0.638. The zero-order valence-electron chi connectivity index (χ0n) is 11.8. The lowest BCUT2D eigenvalue weighted by Gasteiger charge is -2.26. The molecule has 1 aliphatic heterocycles. The van der Waals surface area contributed by atoms with Crippen LogP contribution < -0.4 is 9.74 Å². The van der Waals surface area contributed by atoms with Crippen molar-refractivity contribution in [1.29, 1.82) is 0 Å². The van der Waals surface area contributed by atoms with E-state index in [9.17, 15) is 26.4 Å². The molecule has 124 valence electrons. The number of ether oxygens (including phenoxy) is 1. The number of aromatic nitrogens is 1. The van der Waals surface area contributed by atoms with Gasteiger partial charge in [0.05, 0.1) is 12.1 Å². The molecule has 1 aromatic heterocycles. The fourth-order valence-electron chi connectivity index (χ4n) is 2.14. The number of rotatable bonds is 3. The van der Waals surface area contributed by atoms with Crippen LogP contribution in [-0.4, -0.2) is 31.7 Å². The predicted molar refractivity (Wildman–Crippen MR) is 70.1 cm³/mol. The van der Waals surface area contributed by atoms with E-state index in [-0.39, 0.29) is 12.2 Å². The highest BCUT2D eigenvalue weighted by Gasteiger charge is 2.48. The smallest absolute Gasteiger partial charge is 0.379 e. The van der Waals surface area contributed by atoms with Crippen molar-refractivity contribution < 1.29 is 30.5 Å². The fourth-order valence-corrected chi connectivity index (χ4v) is 2.65. The Morgan fingerprint density at radius 3 is 2.55 bits per heavy atom. The zero-order valence-corrected chi connectivity index (χ0v) is 12.6. The zero-order chi connectivity index (χ0) is 16.8. The molecule has 0 amide bonds. The molecular formula is C12H14F3NO5S. The number of nitrogens with zero attached hydrogens (tertiary/aromatic N) is 1. The summed E-state index contributed by atoms with van der Waals surface area (Å²) in [7, 11) is -5.81. The van der Waals surface area contributed by atoms with Crippen molar-refractivity contribution in [3.63, 3.8) is 0 Å². The summed E-state index contributed by atoms with van der Waals surface area (Å²) in [5, 5.41) is 0. The third-order valence-corrected chi connectivity index (χ3v) is 4.43. The molecule has 1 saturated heterocycles. The minimum Gasteiger partial charge on any atom is -0.379 e. The molecule has 0 saturated carbocycles. The van der Waals surface area contributed by atoms with E-state index in [2.05, 4.69) is 4.18 Å². The van der Waals surface area contributed by atoms with E-state index in [1.165, 1.54) is 17.7 Å². The van der Waals surface area contributed by atoms with Crippen molar-refractivity contribution in [2.75, 3.05) is 13.2 Å². The third kappa shape index (κ3) is 2.98. The molecule has 0 bridgehead atoms. The largest absolute Gasteiger partial charge is 0.534 e. The Balaban J connectivity index is 2.42. The van der Waals surface area contributed by atoms with Gasteiger partial charge in [0.1, 0.15) is 0 Å². The van der Waals surface area contributed by atoms with Crippen molar-refractivity contribution in [2.24, 2.45) is 0 Å². The summed E-state index contributed by atoms with van der Waals surface area (Å²) < 4.78 is 69.6. The van der Waals surface area contributed by atoms with Gasteiger partial charge in [0, 0.05) is 24.4 Å². The molecule has 6 nitrogen and oxygen atoms in total. The van der Waals surface area contributed by atoms with Gasteiger partial charge in [-0.15, -0.1) is 0 Å². The van der Waals surface area contributed by atoms with Gasteiger partial charge in [-0.2, -0.15) is 21.6 Å². The van der Waals surface area contributed by atoms with Gasteiger partial charge in [0.25, 0.3) is 5.56 Å². The summed E-state index contributed by atoms with van der Waals surface area (Å²) in [4.78, 5) is 12.1. The first-order valence-corrected chi connectivity index (χ1v) is 7.69. The second-order valence-corrected chi connectivity index (χ2v) is 6.85. The van der Waals surface area contributed by atoms with Crippen LogP contribution >= 0.6 is 0 Å². The van der Waals surface area contributed by atoms with E-state index in [0.29, 0.717) is 13.0 Å². The average Bonchev–Trinajstić information content (AvgIpc) is 2.79. The summed E-state index contributed by atoms with van der Waals surface area (Å²) in [6.07, 6.45) is 1.84. The monoisotopic (exact) mass is 341 g/mol. The van der Waals surface area contributed by atoms with Gasteiger partial charge in [0.2, 0.25) is 0 Å². The highest BCUT2D eigenvalue weighted by Crippen LogP contribution is 2.30. The number of hydrogen-bond donors (Lipinski definition) is 0. The maximum atomic E-state index is 12.3. The number of halogens is 3. The second-order valence-electron chi connectivity index (χ2n) is 5.31. The Labute approximate surface area is 124 Å². The highest BCUT2D eigenvalue weighted by molar-refractivity contribution is 7.88. The van der Waals surface area contributed by atoms with Crippen LogP contribution in [0.15, 0.2) is 17.1 Å². The third-order valence-electron chi connectivity index (χ3n) is 3.47. The highest BCUT2D eigenvalue weighted by atomic mass is 32.2. The van der Waals surface area contributed by atoms with Gasteiger partial charge >= 0.3 is 15.6 Å². The molecule has 0 radical (unpaired) electrons. The van der Waals surface area contributed by atoms with Gasteiger partial charge in [-0.1, -0.05) is 0 Å². The number of pyridine rings is 1. The maximum Gasteiger partial charge on any atom is 0.534 e. The van der Waals surface area contributed by atoms with Gasteiger partial charge in [-0.05, 0) is 20.3 Å². The summed E-state index contributed by atoms with van der Waals surface area (Å²) in [6, 6.07) is 0.738. The number of aryl methyl sites for hydroxylation is 1. The Morgan fingerprint density at radius 1 is 1.41 bits per heavy atom. The Bertz CT molecular complexity index is 732. The van der Waals surface area contributed by atoms with Crippen LogP contribution in [0.3, 0.4) is 0 Å². The fraction of sp³-hybridized carbons (Fsp3) is 0.583. The predicted octanol–water partition coefficient (Wildman–Crippen LogP) is 1.52. The van der Waals surface area contributed by atoms with Gasteiger partial charge < -0.3 is 13.5 Å². The SMILES string of the molecule is Cc1cn(C2(C)CCOC2)c(=O)cc1OS(=O)(=O)C(F)(F)F. The molecular weight excluding hydrogens is 327 g/mol. The van der Waals surface area contributed by atoms with E-state index < -0.39 is 32.5 Å². The van der Waals surface area contributed by atoms with Crippen LogP contribution in [0, 0.1) is 6.92 Å². The van der Waals surface area contributed by atoms with Crippen LogP contribution in [0.25, 0.3) is 0 Å². The van der Waals surface area contributed by atoms with E-state index in [1.807, 2.05) is 0 Å². The average molecular weight is 341 g/mol. The van der Waals surface area contributed by atoms with E-state index >= 15 is 0 Å². The van der Waals surface area contributed by atoms with E-state index in [4.69, 9.17) is 4.74 Å². The van der Waals surface area contributed by atoms with E-state index in [1.54, 1.807) is 6.92 Å². The lowest BCUT2D eigenvalue weighted by Crippen LogP contribution is -2.39. The summed E-state index contributed by atoms with van der Waals surface area (Å²) >= 11 is 0. The van der Waals surface area contributed by atoms with Crippen LogP contribution in [0.5, 0.6) is 5.75 Å². The minimum absolute atomic E-state index is 0.0977. The first kappa shape index (κ1) is 16.8. The van der Waals surface area contributed by atoms with Crippen LogP contribution in [-0.2, 0) is 20.4 Å². The van der Waals surface area contributed by atoms with Crippen molar-refractivity contribution >= 4 is 10.1 Å². The van der Waals surface area contributed by atoms with Crippen molar-refractivity contribution in [3.05, 3.63) is 28.2 Å². The van der Waals surface area contributed by atoms with Gasteiger partial charge in [-0.25, -0.2) is 0 Å². The van der Waals surface area contributed by atoms with Crippen molar-refractivity contribution in [2.45, 2.75) is 31.3 Å². The maximum absolute atomic E-state index is 12.3. The van der Waals surface area contributed by atoms with Gasteiger partial charge in [0.15, 0.2) is 5.75 Å². The second kappa shape index (κ2) is 5.27. The standard InChI is InChI=1S/C12H14F3NO5S/c1-8-6-16(11(2)3-4-20-7-11)10(17)5-9(8)21-22(18,19)12(13,14)15/h5-6H,3-4,7H2,1-2H3. The molecule has 22 heavy (non-hydrogen) atoms. The normalized spacial score (nSPS) is 22.8. The first-order valence-electron chi connectivity index (χ1n) is 6.29. The molecule has 10 heteroatoms. The lowest BCUT2D eigenvalue weighted by atomic mass is 10.0. The van der Waals surface area contributed by atoms with Crippen LogP contribution in [0.2, 0.25) is 0 Å². The Hall–Kier alpha value is -1.55. The molecule has 2 rings (SSSR count). The van der Waals surface area contributed by atoms with Crippen LogP contribution in [0.4, 0.5) is 13.2 Å². The molecule has 1 atom stereocenters. The van der Waals surface area contributed by atoms with Crippen molar-refractivity contribution in [1.82, 2.24) is 4.57 Å². The quantitative estimate of drug-likeness (QED) is 0.616. The molecule has 0 aromatic carbocycles. The lowest BCUT2D eigenvalue weighted by molar-refractivity contribution is -0.0500. The molecule has 0 aliphatic carbocycles. The molecule has 0 N–H and O–H groups in total. The number of hydrogen-bond acceptors (Lipinski definition) is 5. The summed E-state index contributed by atoms with van der Waals surface area (Å²) in [6.45, 7) is 3.88. The molecule has 0 spiro atoms. The molecule has 1 fully saturated rings. The first-order chi connectivity index (χ1) is 9.96. The molecule has 1 aromatic rings. The van der Waals surface area contributed by atoms with Crippen molar-refractivity contribution in [3.8, 4) is 5.75 Å². The molecule has 2 heterocycles. The molecule has 1 unspecified atom stereocenters. The minimum atomic E-state index is -5.81. The number of alkyl halides is 3. The Morgan fingerprint density at radius 2 is 2.05 bits per heavy atom. The Kier molecular flexibility index (Phi) is 4.03. The van der Waals surface area contributed by atoms with Gasteiger partial charge in [-0.3, -0.25) is 4.79 Å². The molecule has 1 aliphatic rings. The van der Waals surface area contributed by atoms with Crippen LogP contribution in [0.1, 0.15) is 18.9 Å².